The lowest BCUT2D eigenvalue weighted by molar-refractivity contribution is 0.0953. The second-order valence-corrected chi connectivity index (χ2v) is 12.0. The number of nitrogens with zero attached hydrogens (tertiary/aromatic N) is 1. The normalized spacial score (nSPS) is 23.1. The van der Waals surface area contributed by atoms with E-state index >= 15 is 4.39 Å². The van der Waals surface area contributed by atoms with Gasteiger partial charge in [0.15, 0.2) is 0 Å². The largest absolute Gasteiger partial charge is 0.360 e. The van der Waals surface area contributed by atoms with Crippen LogP contribution in [0, 0.1) is 24.6 Å². The van der Waals surface area contributed by atoms with Gasteiger partial charge in [-0.2, -0.15) is 0 Å². The maximum Gasteiger partial charge on any atom is 0.128 e. The number of hydrogen-bond donors (Lipinski definition) is 1. The third kappa shape index (κ3) is 5.29. The Labute approximate surface area is 226 Å². The summed E-state index contributed by atoms with van der Waals surface area (Å²) in [6.07, 6.45) is 8.96. The Balaban J connectivity index is 1.46. The van der Waals surface area contributed by atoms with Gasteiger partial charge in [-0.05, 0) is 92.8 Å². The molecule has 38 heavy (non-hydrogen) atoms. The summed E-state index contributed by atoms with van der Waals surface area (Å²) in [5, 5.41) is 3.67. The average molecular weight is 515 g/mol. The lowest BCUT2D eigenvalue weighted by Gasteiger charge is -2.40. The molecular formula is C34H40F2N2. The Morgan fingerprint density at radius 3 is 2.50 bits per heavy atom. The third-order valence-corrected chi connectivity index (χ3v) is 8.26. The summed E-state index contributed by atoms with van der Waals surface area (Å²) >= 11 is 0. The van der Waals surface area contributed by atoms with E-state index in [9.17, 15) is 4.39 Å². The van der Waals surface area contributed by atoms with E-state index in [1.807, 2.05) is 13.8 Å². The zero-order valence-electron chi connectivity index (χ0n) is 23.4. The molecule has 5 rings (SSSR count). The highest BCUT2D eigenvalue weighted by atomic mass is 19.1. The molecule has 0 bridgehead atoms. The summed E-state index contributed by atoms with van der Waals surface area (Å²) < 4.78 is 31.0. The third-order valence-electron chi connectivity index (χ3n) is 8.26. The van der Waals surface area contributed by atoms with Crippen molar-refractivity contribution in [3.05, 3.63) is 112 Å². The fraction of sp³-hybridized carbons (Fsp3) is 0.412. The van der Waals surface area contributed by atoms with E-state index in [1.54, 1.807) is 19.9 Å². The Morgan fingerprint density at radius 2 is 1.84 bits per heavy atom. The standard InChI is InChI=1S/C34H40F2N2/c1-21(2)26-14-12-24(13-15-26)10-11-25-18-23(4)31(28(35)19-25)33-32-27(16-17-38(33)20-34(5,6)36)30-22(3)8-7-9-29(30)37-32/h7-9,12-15,18-19,22,30,33,37H,1,10-11,16-17,20H2,2-6H3. The van der Waals surface area contributed by atoms with Gasteiger partial charge < -0.3 is 5.32 Å². The Bertz CT molecular complexity index is 1300. The van der Waals surface area contributed by atoms with Gasteiger partial charge in [-0.15, -0.1) is 0 Å². The fourth-order valence-electron chi connectivity index (χ4n) is 6.51. The van der Waals surface area contributed by atoms with Gasteiger partial charge in [0.1, 0.15) is 11.5 Å². The highest BCUT2D eigenvalue weighted by molar-refractivity contribution is 5.61. The maximum atomic E-state index is 16.1. The minimum atomic E-state index is -1.38. The van der Waals surface area contributed by atoms with E-state index < -0.39 is 5.67 Å². The van der Waals surface area contributed by atoms with Crippen LogP contribution in [0.2, 0.25) is 0 Å². The van der Waals surface area contributed by atoms with E-state index in [-0.39, 0.29) is 18.4 Å². The molecule has 3 unspecified atom stereocenters. The summed E-state index contributed by atoms with van der Waals surface area (Å²) in [5.41, 5.74) is 8.22. The lowest BCUT2D eigenvalue weighted by atomic mass is 9.79. The minimum absolute atomic E-state index is 0.199. The molecule has 0 fully saturated rings. The highest BCUT2D eigenvalue weighted by Gasteiger charge is 2.44. The predicted molar refractivity (Wildman–Crippen MR) is 154 cm³/mol. The molecule has 2 aromatic rings. The molecule has 0 amide bonds. The molecule has 4 heteroatoms. The summed E-state index contributed by atoms with van der Waals surface area (Å²) in [6, 6.07) is 12.0. The average Bonchev–Trinajstić information content (AvgIpc) is 3.23. The molecule has 2 nitrogen and oxygen atoms in total. The maximum absolute atomic E-state index is 16.1. The number of alkyl halides is 1. The Kier molecular flexibility index (Phi) is 7.21. The molecule has 0 radical (unpaired) electrons. The van der Waals surface area contributed by atoms with Crippen molar-refractivity contribution < 1.29 is 8.78 Å². The van der Waals surface area contributed by atoms with Crippen molar-refractivity contribution in [3.63, 3.8) is 0 Å². The number of benzene rings is 2. The van der Waals surface area contributed by atoms with Gasteiger partial charge in [0, 0.05) is 36.0 Å². The van der Waals surface area contributed by atoms with Crippen LogP contribution in [0.4, 0.5) is 8.78 Å². The van der Waals surface area contributed by atoms with Gasteiger partial charge in [0.2, 0.25) is 0 Å². The number of hydrogen-bond acceptors (Lipinski definition) is 2. The molecule has 2 aliphatic heterocycles. The summed E-state index contributed by atoms with van der Waals surface area (Å²) in [6.45, 7) is 14.5. The van der Waals surface area contributed by atoms with Crippen LogP contribution in [0.1, 0.15) is 68.0 Å². The molecule has 200 valence electrons. The predicted octanol–water partition coefficient (Wildman–Crippen LogP) is 8.01. The van der Waals surface area contributed by atoms with E-state index in [1.165, 1.54) is 16.8 Å². The zero-order valence-corrected chi connectivity index (χ0v) is 23.4. The van der Waals surface area contributed by atoms with Crippen molar-refractivity contribution in [2.24, 2.45) is 11.8 Å². The van der Waals surface area contributed by atoms with Gasteiger partial charge in [-0.25, -0.2) is 8.78 Å². The van der Waals surface area contributed by atoms with Crippen molar-refractivity contribution >= 4 is 5.57 Å². The van der Waals surface area contributed by atoms with Gasteiger partial charge in [0.25, 0.3) is 0 Å². The second-order valence-electron chi connectivity index (χ2n) is 12.0. The van der Waals surface area contributed by atoms with Crippen molar-refractivity contribution in [1.29, 1.82) is 0 Å². The molecule has 3 atom stereocenters. The smallest absolute Gasteiger partial charge is 0.128 e. The zero-order chi connectivity index (χ0) is 27.2. The molecule has 0 spiro atoms. The van der Waals surface area contributed by atoms with Crippen LogP contribution in [-0.4, -0.2) is 23.7 Å². The number of aryl methyl sites for hydroxylation is 3. The molecular weight excluding hydrogens is 474 g/mol. The highest BCUT2D eigenvalue weighted by Crippen LogP contribution is 2.48. The number of rotatable bonds is 7. The first-order valence-corrected chi connectivity index (χ1v) is 13.9. The molecule has 2 aromatic carbocycles. The molecule has 0 aromatic heterocycles. The number of fused-ring (bicyclic) bond motifs is 2. The fourth-order valence-corrected chi connectivity index (χ4v) is 6.51. The molecule has 3 aliphatic rings. The first-order valence-electron chi connectivity index (χ1n) is 13.9. The lowest BCUT2D eigenvalue weighted by Crippen LogP contribution is -2.44. The molecule has 0 saturated heterocycles. The van der Waals surface area contributed by atoms with Gasteiger partial charge >= 0.3 is 0 Å². The van der Waals surface area contributed by atoms with Crippen LogP contribution < -0.4 is 5.32 Å². The van der Waals surface area contributed by atoms with E-state index in [0.717, 1.165) is 53.8 Å². The van der Waals surface area contributed by atoms with Crippen LogP contribution in [0.5, 0.6) is 0 Å². The first kappa shape index (κ1) is 26.6. The van der Waals surface area contributed by atoms with E-state index in [0.29, 0.717) is 17.4 Å². The van der Waals surface area contributed by atoms with Crippen molar-refractivity contribution in [2.75, 3.05) is 13.1 Å². The second kappa shape index (κ2) is 10.3. The van der Waals surface area contributed by atoms with Crippen LogP contribution in [0.3, 0.4) is 0 Å². The summed E-state index contributed by atoms with van der Waals surface area (Å²) in [7, 11) is 0. The first-order chi connectivity index (χ1) is 18.0. The van der Waals surface area contributed by atoms with Crippen LogP contribution in [-0.2, 0) is 12.8 Å². The number of nitrogens with one attached hydrogen (secondary N) is 1. The topological polar surface area (TPSA) is 15.3 Å². The van der Waals surface area contributed by atoms with Crippen molar-refractivity contribution in [3.8, 4) is 0 Å². The van der Waals surface area contributed by atoms with E-state index in [2.05, 4.69) is 72.3 Å². The van der Waals surface area contributed by atoms with Gasteiger partial charge in [0.05, 0.1) is 6.04 Å². The molecule has 1 N–H and O–H groups in total. The van der Waals surface area contributed by atoms with Crippen LogP contribution in [0.15, 0.2) is 78.2 Å². The number of halogens is 2. The minimum Gasteiger partial charge on any atom is -0.360 e. The number of allylic oxidation sites excluding steroid dienone is 5. The van der Waals surface area contributed by atoms with Gasteiger partial charge in [-0.3, -0.25) is 4.90 Å². The Hall–Kier alpha value is -2.98. The molecule has 2 heterocycles. The SMILES string of the molecule is C=C(C)c1ccc(CCc2cc(C)c(C3C4=C(CCN3CC(C)(C)F)C3C(=CC=CC3C)N4)c(F)c2)cc1. The van der Waals surface area contributed by atoms with Crippen molar-refractivity contribution in [1.82, 2.24) is 10.2 Å². The van der Waals surface area contributed by atoms with Crippen LogP contribution in [0.25, 0.3) is 5.57 Å². The van der Waals surface area contributed by atoms with Crippen LogP contribution >= 0.6 is 0 Å². The van der Waals surface area contributed by atoms with Gasteiger partial charge in [-0.1, -0.05) is 61.6 Å². The Morgan fingerprint density at radius 1 is 1.13 bits per heavy atom. The monoisotopic (exact) mass is 514 g/mol. The van der Waals surface area contributed by atoms with Crippen molar-refractivity contribution in [2.45, 2.75) is 65.6 Å². The quantitative estimate of drug-likeness (QED) is 0.403. The summed E-state index contributed by atoms with van der Waals surface area (Å²) in [5.74, 6) is 0.490. The van der Waals surface area contributed by atoms with E-state index in [4.69, 9.17) is 0 Å². The molecule has 1 aliphatic carbocycles. The summed E-state index contributed by atoms with van der Waals surface area (Å²) in [4.78, 5) is 2.13. The molecule has 0 saturated carbocycles.